The number of benzene rings is 3. The fraction of sp³-hybridized carbons (Fsp3) is 0.174. The molecule has 0 saturated heterocycles. The van der Waals surface area contributed by atoms with Gasteiger partial charge in [0.15, 0.2) is 6.10 Å². The van der Waals surface area contributed by atoms with Crippen LogP contribution in [0.5, 0.6) is 0 Å². The Bertz CT molecular complexity index is 992. The number of rotatable bonds is 7. The number of carbonyl (C=O) groups excluding carboxylic acids is 3. The minimum atomic E-state index is -0.893. The molecular formula is C23H21NO4. The number of anilines is 1. The number of ether oxygens (including phenoxy) is 1. The van der Waals surface area contributed by atoms with Gasteiger partial charge in [-0.1, -0.05) is 66.7 Å². The largest absolute Gasteiger partial charge is 0.454 e. The summed E-state index contributed by atoms with van der Waals surface area (Å²) in [6.07, 6.45) is -1.01. The molecule has 3 aromatic carbocycles. The monoisotopic (exact) mass is 375 g/mol. The molecule has 0 aliphatic heterocycles. The Kier molecular flexibility index (Phi) is 6.17. The van der Waals surface area contributed by atoms with Crippen LogP contribution in [-0.2, 0) is 14.3 Å². The lowest BCUT2D eigenvalue weighted by Crippen LogP contribution is -2.25. The second-order valence-corrected chi connectivity index (χ2v) is 6.44. The van der Waals surface area contributed by atoms with Gasteiger partial charge in [0.05, 0.1) is 6.42 Å². The van der Waals surface area contributed by atoms with Crippen molar-refractivity contribution in [3.8, 4) is 0 Å². The van der Waals surface area contributed by atoms with Gasteiger partial charge in [-0.3, -0.25) is 14.4 Å². The number of amides is 1. The highest BCUT2D eigenvalue weighted by molar-refractivity contribution is 6.03. The number of esters is 1. The molecule has 0 aliphatic rings. The minimum absolute atomic E-state index is 0.0195. The van der Waals surface area contributed by atoms with Crippen molar-refractivity contribution in [3.63, 3.8) is 0 Å². The Balaban J connectivity index is 1.51. The van der Waals surface area contributed by atoms with E-state index in [4.69, 9.17) is 4.74 Å². The fourth-order valence-electron chi connectivity index (χ4n) is 2.91. The molecule has 0 heterocycles. The second kappa shape index (κ2) is 8.95. The van der Waals surface area contributed by atoms with Gasteiger partial charge in [0.1, 0.15) is 0 Å². The van der Waals surface area contributed by atoms with Crippen molar-refractivity contribution in [2.75, 3.05) is 5.32 Å². The molecule has 1 N–H and O–H groups in total. The summed E-state index contributed by atoms with van der Waals surface area (Å²) in [5.41, 5.74) is 1.18. The van der Waals surface area contributed by atoms with E-state index in [1.54, 1.807) is 24.3 Å². The summed E-state index contributed by atoms with van der Waals surface area (Å²) in [5.74, 6) is -1.13. The van der Waals surface area contributed by atoms with Gasteiger partial charge in [0.2, 0.25) is 11.7 Å². The standard InChI is InChI=1S/C23H21NO4/c1-16(23(27)18-9-3-2-4-10-18)28-22(26)15-14-21(25)24-20-13-7-11-17-8-5-6-12-19(17)20/h2-13,16H,14-15H2,1H3,(H,24,25)/t16-/m0/s1. The molecule has 0 aromatic heterocycles. The van der Waals surface area contributed by atoms with Crippen LogP contribution < -0.4 is 5.32 Å². The molecule has 1 atom stereocenters. The van der Waals surface area contributed by atoms with E-state index in [0.29, 0.717) is 11.3 Å². The third kappa shape index (κ3) is 4.82. The predicted octanol–water partition coefficient (Wildman–Crippen LogP) is 4.37. The number of carbonyl (C=O) groups is 3. The van der Waals surface area contributed by atoms with Crippen molar-refractivity contribution in [3.05, 3.63) is 78.4 Å². The lowest BCUT2D eigenvalue weighted by atomic mass is 10.1. The molecule has 0 aliphatic carbocycles. The Morgan fingerprint density at radius 3 is 2.32 bits per heavy atom. The van der Waals surface area contributed by atoms with Crippen LogP contribution in [0.4, 0.5) is 5.69 Å². The van der Waals surface area contributed by atoms with Crippen LogP contribution in [-0.4, -0.2) is 23.8 Å². The molecule has 0 fully saturated rings. The maximum Gasteiger partial charge on any atom is 0.307 e. The molecule has 3 rings (SSSR count). The highest BCUT2D eigenvalue weighted by Gasteiger charge is 2.19. The van der Waals surface area contributed by atoms with E-state index in [0.717, 1.165) is 10.8 Å². The minimum Gasteiger partial charge on any atom is -0.454 e. The highest BCUT2D eigenvalue weighted by atomic mass is 16.5. The number of nitrogens with one attached hydrogen (secondary N) is 1. The van der Waals surface area contributed by atoms with E-state index in [1.165, 1.54) is 6.92 Å². The highest BCUT2D eigenvalue weighted by Crippen LogP contribution is 2.23. The summed E-state index contributed by atoms with van der Waals surface area (Å²) in [5, 5.41) is 4.78. The summed E-state index contributed by atoms with van der Waals surface area (Å²) in [7, 11) is 0. The van der Waals surface area contributed by atoms with Crippen LogP contribution in [0.25, 0.3) is 10.8 Å². The fourth-order valence-corrected chi connectivity index (χ4v) is 2.91. The molecule has 0 bridgehead atoms. The number of fused-ring (bicyclic) bond motifs is 1. The zero-order valence-electron chi connectivity index (χ0n) is 15.6. The molecule has 0 unspecified atom stereocenters. The number of hydrogen-bond donors (Lipinski definition) is 1. The van der Waals surface area contributed by atoms with Gasteiger partial charge >= 0.3 is 5.97 Å². The zero-order chi connectivity index (χ0) is 19.9. The quantitative estimate of drug-likeness (QED) is 0.491. The van der Waals surface area contributed by atoms with Crippen LogP contribution in [0, 0.1) is 0 Å². The van der Waals surface area contributed by atoms with E-state index in [-0.39, 0.29) is 24.5 Å². The van der Waals surface area contributed by atoms with Crippen LogP contribution >= 0.6 is 0 Å². The SMILES string of the molecule is C[C@H](OC(=O)CCC(=O)Nc1cccc2ccccc12)C(=O)c1ccccc1. The molecular weight excluding hydrogens is 354 g/mol. The maximum absolute atomic E-state index is 12.2. The average Bonchev–Trinajstić information content (AvgIpc) is 2.72. The van der Waals surface area contributed by atoms with Crippen molar-refractivity contribution in [2.45, 2.75) is 25.9 Å². The number of ketones is 1. The van der Waals surface area contributed by atoms with Crippen LogP contribution in [0.1, 0.15) is 30.1 Å². The lowest BCUT2D eigenvalue weighted by Gasteiger charge is -2.12. The van der Waals surface area contributed by atoms with Gasteiger partial charge in [-0.25, -0.2) is 0 Å². The average molecular weight is 375 g/mol. The first-order valence-corrected chi connectivity index (χ1v) is 9.11. The number of Topliss-reactive ketones (excluding diaryl/α,β-unsaturated/α-hetero) is 1. The van der Waals surface area contributed by atoms with Crippen molar-refractivity contribution in [1.29, 1.82) is 0 Å². The summed E-state index contributed by atoms with van der Waals surface area (Å²) in [4.78, 5) is 36.4. The Morgan fingerprint density at radius 1 is 0.857 bits per heavy atom. The van der Waals surface area contributed by atoms with E-state index in [1.807, 2.05) is 48.5 Å². The topological polar surface area (TPSA) is 72.5 Å². The van der Waals surface area contributed by atoms with E-state index < -0.39 is 12.1 Å². The zero-order valence-corrected chi connectivity index (χ0v) is 15.6. The van der Waals surface area contributed by atoms with Crippen molar-refractivity contribution in [1.82, 2.24) is 0 Å². The van der Waals surface area contributed by atoms with Crippen molar-refractivity contribution < 1.29 is 19.1 Å². The van der Waals surface area contributed by atoms with Crippen LogP contribution in [0.3, 0.4) is 0 Å². The van der Waals surface area contributed by atoms with Gasteiger partial charge in [-0.05, 0) is 18.4 Å². The van der Waals surface area contributed by atoms with Crippen LogP contribution in [0.15, 0.2) is 72.8 Å². The van der Waals surface area contributed by atoms with Gasteiger partial charge in [0, 0.05) is 23.1 Å². The summed E-state index contributed by atoms with van der Waals surface area (Å²) in [6.45, 7) is 1.53. The first-order chi connectivity index (χ1) is 13.5. The van der Waals surface area contributed by atoms with Gasteiger partial charge in [0.25, 0.3) is 0 Å². The molecule has 3 aromatic rings. The van der Waals surface area contributed by atoms with Gasteiger partial charge in [-0.2, -0.15) is 0 Å². The molecule has 0 saturated carbocycles. The second-order valence-electron chi connectivity index (χ2n) is 6.44. The molecule has 0 spiro atoms. The molecule has 28 heavy (non-hydrogen) atoms. The Hall–Kier alpha value is -3.47. The first-order valence-electron chi connectivity index (χ1n) is 9.11. The third-order valence-electron chi connectivity index (χ3n) is 4.36. The first kappa shape index (κ1) is 19.3. The lowest BCUT2D eigenvalue weighted by molar-refractivity contribution is -0.147. The van der Waals surface area contributed by atoms with Crippen LogP contribution in [0.2, 0.25) is 0 Å². The van der Waals surface area contributed by atoms with E-state index in [2.05, 4.69) is 5.32 Å². The van der Waals surface area contributed by atoms with Crippen molar-refractivity contribution in [2.24, 2.45) is 0 Å². The van der Waals surface area contributed by atoms with Crippen molar-refractivity contribution >= 4 is 34.1 Å². The third-order valence-corrected chi connectivity index (χ3v) is 4.36. The Morgan fingerprint density at radius 2 is 1.54 bits per heavy atom. The molecule has 142 valence electrons. The summed E-state index contributed by atoms with van der Waals surface area (Å²) < 4.78 is 5.17. The van der Waals surface area contributed by atoms with E-state index in [9.17, 15) is 14.4 Å². The number of hydrogen-bond acceptors (Lipinski definition) is 4. The normalized spacial score (nSPS) is 11.6. The summed E-state index contributed by atoms with van der Waals surface area (Å²) in [6, 6.07) is 22.0. The maximum atomic E-state index is 12.2. The molecule has 1 amide bonds. The smallest absolute Gasteiger partial charge is 0.307 e. The molecule has 5 heteroatoms. The van der Waals surface area contributed by atoms with E-state index >= 15 is 0 Å². The van der Waals surface area contributed by atoms with Gasteiger partial charge < -0.3 is 10.1 Å². The van der Waals surface area contributed by atoms with Gasteiger partial charge in [-0.15, -0.1) is 0 Å². The Labute approximate surface area is 163 Å². The molecule has 0 radical (unpaired) electrons. The predicted molar refractivity (Wildman–Crippen MR) is 108 cm³/mol. The summed E-state index contributed by atoms with van der Waals surface area (Å²) >= 11 is 0. The molecule has 5 nitrogen and oxygen atoms in total.